The molecule has 2 heterocycles. The third-order valence-corrected chi connectivity index (χ3v) is 6.76. The number of nitrogens with one attached hydrogen (secondary N) is 1. The Morgan fingerprint density at radius 2 is 2.07 bits per heavy atom. The third kappa shape index (κ3) is 3.75. The highest BCUT2D eigenvalue weighted by Gasteiger charge is 2.37. The molecular formula is C20H18BrFN2O2S. The number of thioether (sulfide) groups is 1. The zero-order valence-electron chi connectivity index (χ0n) is 14.5. The second-order valence-corrected chi connectivity index (χ2v) is 8.73. The minimum atomic E-state index is -0.406. The molecule has 2 aliphatic rings. The van der Waals surface area contributed by atoms with Crippen LogP contribution in [-0.2, 0) is 9.59 Å². The van der Waals surface area contributed by atoms with Gasteiger partial charge in [-0.05, 0) is 58.2 Å². The first-order valence-corrected chi connectivity index (χ1v) is 10.6. The van der Waals surface area contributed by atoms with Crippen LogP contribution in [0, 0.1) is 11.7 Å². The number of carbonyl (C=O) groups is 2. The molecule has 0 spiro atoms. The Morgan fingerprint density at radius 1 is 1.26 bits per heavy atom. The number of hydrogen-bond donors (Lipinski definition) is 1. The lowest BCUT2D eigenvalue weighted by molar-refractivity contribution is -0.127. The van der Waals surface area contributed by atoms with Gasteiger partial charge in [-0.15, -0.1) is 11.8 Å². The summed E-state index contributed by atoms with van der Waals surface area (Å²) in [6.07, 6.45) is 0.937. The lowest BCUT2D eigenvalue weighted by Gasteiger charge is -2.27. The second-order valence-electron chi connectivity index (χ2n) is 6.74. The van der Waals surface area contributed by atoms with Crippen LogP contribution < -0.4 is 10.2 Å². The molecule has 0 saturated carbocycles. The topological polar surface area (TPSA) is 49.4 Å². The van der Waals surface area contributed by atoms with Crippen LogP contribution in [0.5, 0.6) is 0 Å². The Hall–Kier alpha value is -1.86. The van der Waals surface area contributed by atoms with E-state index < -0.39 is 5.92 Å². The number of para-hydroxylation sites is 1. The number of hydrogen-bond acceptors (Lipinski definition) is 3. The highest BCUT2D eigenvalue weighted by atomic mass is 79.9. The molecule has 0 radical (unpaired) electrons. The molecule has 4 nitrogen and oxygen atoms in total. The highest BCUT2D eigenvalue weighted by molar-refractivity contribution is 9.10. The van der Waals surface area contributed by atoms with E-state index in [9.17, 15) is 14.0 Å². The third-order valence-electron chi connectivity index (χ3n) is 4.97. The zero-order valence-corrected chi connectivity index (χ0v) is 16.9. The first-order valence-electron chi connectivity index (χ1n) is 8.80. The molecule has 2 aromatic carbocycles. The van der Waals surface area contributed by atoms with E-state index in [0.717, 1.165) is 32.8 Å². The minimum Gasteiger partial charge on any atom is -0.349 e. The normalized spacial score (nSPS) is 21.9. The number of fused-ring (bicyclic) bond motifs is 1. The summed E-state index contributed by atoms with van der Waals surface area (Å²) in [6, 6.07) is 12.0. The van der Waals surface area contributed by atoms with Crippen LogP contribution in [0.3, 0.4) is 0 Å². The van der Waals surface area contributed by atoms with Crippen LogP contribution in [0.2, 0.25) is 0 Å². The van der Waals surface area contributed by atoms with Gasteiger partial charge < -0.3 is 10.2 Å². The molecule has 0 aromatic heterocycles. The Balaban J connectivity index is 1.48. The van der Waals surface area contributed by atoms with Gasteiger partial charge in [-0.25, -0.2) is 4.39 Å². The summed E-state index contributed by atoms with van der Waals surface area (Å²) in [6.45, 7) is 0.352. The SMILES string of the molecule is O=C(N[C@H]1CCSc2ccc(F)cc21)[C@@H]1CC(=O)N(c2ccccc2Br)C1. The molecule has 1 fully saturated rings. The summed E-state index contributed by atoms with van der Waals surface area (Å²) in [5.74, 6) is -0.0449. The standard InChI is InChI=1S/C20H18BrFN2O2S/c21-15-3-1-2-4-17(15)24-11-12(9-19(24)25)20(26)23-16-7-8-27-18-6-5-13(22)10-14(16)18/h1-6,10,12,16H,7-9,11H2,(H,23,26)/t12-,16+/m1/s1. The average molecular weight is 449 g/mol. The highest BCUT2D eigenvalue weighted by Crippen LogP contribution is 2.37. The number of carbonyl (C=O) groups excluding carboxylic acids is 2. The summed E-state index contributed by atoms with van der Waals surface area (Å²) < 4.78 is 14.5. The summed E-state index contributed by atoms with van der Waals surface area (Å²) in [4.78, 5) is 27.9. The average Bonchev–Trinajstić information content (AvgIpc) is 3.04. The summed E-state index contributed by atoms with van der Waals surface area (Å²) in [5.41, 5.74) is 1.60. The zero-order chi connectivity index (χ0) is 19.0. The van der Waals surface area contributed by atoms with Crippen molar-refractivity contribution in [3.8, 4) is 0 Å². The first kappa shape index (κ1) is 18.5. The first-order chi connectivity index (χ1) is 13.0. The van der Waals surface area contributed by atoms with Crippen molar-refractivity contribution in [3.63, 3.8) is 0 Å². The Bertz CT molecular complexity index is 907. The number of amides is 2. The van der Waals surface area contributed by atoms with Crippen molar-refractivity contribution in [2.75, 3.05) is 17.2 Å². The van der Waals surface area contributed by atoms with Crippen molar-refractivity contribution in [1.29, 1.82) is 0 Å². The fourth-order valence-electron chi connectivity index (χ4n) is 3.59. The van der Waals surface area contributed by atoms with Crippen LogP contribution in [-0.4, -0.2) is 24.1 Å². The van der Waals surface area contributed by atoms with Crippen molar-refractivity contribution in [2.24, 2.45) is 5.92 Å². The Labute approximate surface area is 169 Å². The van der Waals surface area contributed by atoms with E-state index in [1.165, 1.54) is 12.1 Å². The molecule has 1 N–H and O–H groups in total. The van der Waals surface area contributed by atoms with Crippen LogP contribution >= 0.6 is 27.7 Å². The van der Waals surface area contributed by atoms with Crippen LogP contribution in [0.25, 0.3) is 0 Å². The maximum absolute atomic E-state index is 13.7. The van der Waals surface area contributed by atoms with Gasteiger partial charge in [-0.2, -0.15) is 0 Å². The summed E-state index contributed by atoms with van der Waals surface area (Å²) >= 11 is 5.14. The largest absolute Gasteiger partial charge is 0.349 e. The fourth-order valence-corrected chi connectivity index (χ4v) is 5.20. The van der Waals surface area contributed by atoms with Crippen molar-refractivity contribution in [3.05, 3.63) is 58.3 Å². The number of rotatable bonds is 3. The monoisotopic (exact) mass is 448 g/mol. The van der Waals surface area contributed by atoms with Crippen LogP contribution in [0.1, 0.15) is 24.4 Å². The van der Waals surface area contributed by atoms with Crippen molar-refractivity contribution in [2.45, 2.75) is 23.8 Å². The van der Waals surface area contributed by atoms with Crippen LogP contribution in [0.4, 0.5) is 10.1 Å². The van der Waals surface area contributed by atoms with Gasteiger partial charge in [-0.1, -0.05) is 12.1 Å². The number of nitrogens with zero attached hydrogens (tertiary/aromatic N) is 1. The van der Waals surface area contributed by atoms with Crippen molar-refractivity contribution in [1.82, 2.24) is 5.32 Å². The molecule has 2 amide bonds. The number of anilines is 1. The van der Waals surface area contributed by atoms with Gasteiger partial charge >= 0.3 is 0 Å². The molecule has 27 heavy (non-hydrogen) atoms. The summed E-state index contributed by atoms with van der Waals surface area (Å²) in [7, 11) is 0. The van der Waals surface area contributed by atoms with E-state index in [2.05, 4.69) is 21.2 Å². The van der Waals surface area contributed by atoms with Crippen LogP contribution in [0.15, 0.2) is 51.8 Å². The second kappa shape index (κ2) is 7.64. The van der Waals surface area contributed by atoms with E-state index in [0.29, 0.717) is 6.54 Å². The molecule has 1 saturated heterocycles. The van der Waals surface area contributed by atoms with Crippen molar-refractivity contribution >= 4 is 45.2 Å². The van der Waals surface area contributed by atoms with E-state index in [4.69, 9.17) is 0 Å². The van der Waals surface area contributed by atoms with E-state index in [1.807, 2.05) is 24.3 Å². The fraction of sp³-hybridized carbons (Fsp3) is 0.300. The van der Waals surface area contributed by atoms with E-state index in [-0.39, 0.29) is 30.1 Å². The van der Waals surface area contributed by atoms with E-state index >= 15 is 0 Å². The van der Waals surface area contributed by atoms with E-state index in [1.54, 1.807) is 22.7 Å². The lowest BCUT2D eigenvalue weighted by atomic mass is 10.0. The Kier molecular flexibility index (Phi) is 5.23. The Morgan fingerprint density at radius 3 is 2.89 bits per heavy atom. The lowest BCUT2D eigenvalue weighted by Crippen LogP contribution is -2.36. The van der Waals surface area contributed by atoms with Gasteiger partial charge in [-0.3, -0.25) is 9.59 Å². The molecule has 2 aliphatic heterocycles. The predicted octanol–water partition coefficient (Wildman–Crippen LogP) is 4.29. The molecular weight excluding hydrogens is 431 g/mol. The molecule has 0 bridgehead atoms. The molecule has 0 unspecified atom stereocenters. The predicted molar refractivity (Wildman–Crippen MR) is 107 cm³/mol. The van der Waals surface area contributed by atoms with Crippen molar-refractivity contribution < 1.29 is 14.0 Å². The van der Waals surface area contributed by atoms with Gasteiger partial charge in [0, 0.05) is 28.1 Å². The van der Waals surface area contributed by atoms with Gasteiger partial charge in [0.25, 0.3) is 0 Å². The molecule has 7 heteroatoms. The van der Waals surface area contributed by atoms with Gasteiger partial charge in [0.05, 0.1) is 17.6 Å². The molecule has 2 aromatic rings. The summed E-state index contributed by atoms with van der Waals surface area (Å²) in [5, 5.41) is 3.04. The maximum atomic E-state index is 13.7. The van der Waals surface area contributed by atoms with Gasteiger partial charge in [0.2, 0.25) is 11.8 Å². The molecule has 0 aliphatic carbocycles. The molecule has 140 valence electrons. The molecule has 4 rings (SSSR count). The number of benzene rings is 2. The molecule has 2 atom stereocenters. The smallest absolute Gasteiger partial charge is 0.227 e. The van der Waals surface area contributed by atoms with Gasteiger partial charge in [0.15, 0.2) is 0 Å². The maximum Gasteiger partial charge on any atom is 0.227 e. The quantitative estimate of drug-likeness (QED) is 0.761. The minimum absolute atomic E-state index is 0.0623. The number of halogens is 2. The van der Waals surface area contributed by atoms with Gasteiger partial charge in [0.1, 0.15) is 5.82 Å².